The van der Waals surface area contributed by atoms with Crippen LogP contribution >= 0.6 is 0 Å². The van der Waals surface area contributed by atoms with Gasteiger partial charge < -0.3 is 9.88 Å². The number of hydrogen-bond donors (Lipinski definition) is 1. The molecule has 0 aliphatic carbocycles. The number of carbonyl (C=O) groups excluding carboxylic acids is 1. The summed E-state index contributed by atoms with van der Waals surface area (Å²) in [5, 5.41) is 7.30. The molecule has 0 fully saturated rings. The van der Waals surface area contributed by atoms with Crippen LogP contribution in [0, 0.1) is 0 Å². The minimum Gasteiger partial charge on any atom is -0.351 e. The summed E-state index contributed by atoms with van der Waals surface area (Å²) in [6, 6.07) is 15.7. The van der Waals surface area contributed by atoms with E-state index >= 15 is 0 Å². The van der Waals surface area contributed by atoms with E-state index in [-0.39, 0.29) is 11.5 Å². The highest BCUT2D eigenvalue weighted by molar-refractivity contribution is 5.97. The monoisotopic (exact) mass is 415 g/mol. The van der Waals surface area contributed by atoms with Crippen molar-refractivity contribution in [3.63, 3.8) is 0 Å². The largest absolute Gasteiger partial charge is 0.351 e. The third-order valence-corrected chi connectivity index (χ3v) is 6.10. The zero-order chi connectivity index (χ0) is 21.4. The topological polar surface area (TPSA) is 71.6 Å². The highest BCUT2D eigenvalue weighted by atomic mass is 16.1. The van der Waals surface area contributed by atoms with Gasteiger partial charge in [0, 0.05) is 38.3 Å². The third kappa shape index (κ3) is 3.51. The van der Waals surface area contributed by atoms with Crippen molar-refractivity contribution < 1.29 is 4.79 Å². The van der Waals surface area contributed by atoms with E-state index in [1.807, 2.05) is 13.0 Å². The normalized spacial score (nSPS) is 14.1. The number of nitrogens with zero attached hydrogens (tertiary/aromatic N) is 4. The van der Waals surface area contributed by atoms with Gasteiger partial charge >= 0.3 is 0 Å². The first-order valence-corrected chi connectivity index (χ1v) is 10.7. The molecule has 7 heteroatoms. The van der Waals surface area contributed by atoms with Crippen LogP contribution in [0.1, 0.15) is 28.4 Å². The fourth-order valence-corrected chi connectivity index (χ4v) is 4.45. The van der Waals surface area contributed by atoms with Crippen molar-refractivity contribution in [3.8, 4) is 0 Å². The Morgan fingerprint density at radius 3 is 2.74 bits per heavy atom. The Kier molecular flexibility index (Phi) is 5.03. The summed E-state index contributed by atoms with van der Waals surface area (Å²) >= 11 is 0. The smallest absolute Gasteiger partial charge is 0.277 e. The van der Waals surface area contributed by atoms with E-state index in [0.29, 0.717) is 29.7 Å². The molecule has 3 heterocycles. The Bertz CT molecular complexity index is 1340. The second-order valence-corrected chi connectivity index (χ2v) is 7.93. The zero-order valence-corrected chi connectivity index (χ0v) is 17.5. The maximum atomic E-state index is 12.8. The number of amides is 1. The lowest BCUT2D eigenvalue weighted by molar-refractivity contribution is 0.0947. The quantitative estimate of drug-likeness (QED) is 0.544. The summed E-state index contributed by atoms with van der Waals surface area (Å²) < 4.78 is 3.33. The number of carbonyl (C=O) groups is 1. The van der Waals surface area contributed by atoms with Crippen LogP contribution in [-0.2, 0) is 19.5 Å². The molecule has 2 aromatic carbocycles. The van der Waals surface area contributed by atoms with Crippen LogP contribution < -0.4 is 10.9 Å². The fraction of sp³-hybridized carbons (Fsp3) is 0.292. The molecule has 0 unspecified atom stereocenters. The summed E-state index contributed by atoms with van der Waals surface area (Å²) in [5.74, 6) is -0.130. The highest BCUT2D eigenvalue weighted by Crippen LogP contribution is 2.18. The van der Waals surface area contributed by atoms with Crippen molar-refractivity contribution in [2.45, 2.75) is 26.4 Å². The number of hydrogen-bond acceptors (Lipinski definition) is 4. The molecule has 158 valence electrons. The summed E-state index contributed by atoms with van der Waals surface area (Å²) in [5.41, 5.74) is 5.30. The second kappa shape index (κ2) is 8.00. The lowest BCUT2D eigenvalue weighted by Gasteiger charge is -2.28. The Morgan fingerprint density at radius 1 is 1.06 bits per heavy atom. The predicted molar refractivity (Wildman–Crippen MR) is 120 cm³/mol. The van der Waals surface area contributed by atoms with Crippen LogP contribution in [0.2, 0.25) is 0 Å². The van der Waals surface area contributed by atoms with Gasteiger partial charge in [-0.25, -0.2) is 4.52 Å². The molecule has 0 radical (unpaired) electrons. The Morgan fingerprint density at radius 2 is 1.90 bits per heavy atom. The van der Waals surface area contributed by atoms with Gasteiger partial charge in [0.2, 0.25) is 0 Å². The molecule has 7 nitrogen and oxygen atoms in total. The van der Waals surface area contributed by atoms with Crippen LogP contribution in [0.15, 0.2) is 59.5 Å². The number of nitrogens with one attached hydrogen (secondary N) is 1. The number of rotatable bonds is 5. The van der Waals surface area contributed by atoms with Gasteiger partial charge in [0.25, 0.3) is 11.5 Å². The number of aromatic nitrogens is 3. The molecule has 31 heavy (non-hydrogen) atoms. The lowest BCUT2D eigenvalue weighted by Crippen LogP contribution is -2.37. The Balaban J connectivity index is 1.31. The zero-order valence-electron chi connectivity index (χ0n) is 17.5. The first-order chi connectivity index (χ1) is 15.2. The van der Waals surface area contributed by atoms with Gasteiger partial charge in [0.15, 0.2) is 0 Å². The van der Waals surface area contributed by atoms with Crippen LogP contribution in [0.25, 0.3) is 16.6 Å². The average Bonchev–Trinajstić information content (AvgIpc) is 3.29. The molecule has 0 spiro atoms. The van der Waals surface area contributed by atoms with E-state index in [4.69, 9.17) is 0 Å². The van der Waals surface area contributed by atoms with Crippen molar-refractivity contribution in [1.82, 2.24) is 24.4 Å². The minimum absolute atomic E-state index is 0.101. The SMILES string of the molecule is CCn1c(=O)c2ccnn2c2ccc(C(=O)NCCN3CCc4ccccc4C3)cc21. The second-order valence-electron chi connectivity index (χ2n) is 7.93. The maximum absolute atomic E-state index is 12.8. The molecule has 0 saturated carbocycles. The maximum Gasteiger partial charge on any atom is 0.277 e. The molecule has 0 atom stereocenters. The van der Waals surface area contributed by atoms with E-state index in [1.54, 1.807) is 33.5 Å². The van der Waals surface area contributed by atoms with Gasteiger partial charge in [0.05, 0.1) is 17.2 Å². The third-order valence-electron chi connectivity index (χ3n) is 6.10. The van der Waals surface area contributed by atoms with Crippen LogP contribution in [-0.4, -0.2) is 44.6 Å². The van der Waals surface area contributed by atoms with E-state index in [2.05, 4.69) is 39.6 Å². The molecule has 1 amide bonds. The summed E-state index contributed by atoms with van der Waals surface area (Å²) in [4.78, 5) is 27.9. The van der Waals surface area contributed by atoms with Gasteiger partial charge in [0.1, 0.15) is 5.52 Å². The van der Waals surface area contributed by atoms with Crippen molar-refractivity contribution in [2.24, 2.45) is 0 Å². The minimum atomic E-state index is -0.130. The first kappa shape index (κ1) is 19.5. The molecule has 4 aromatic rings. The molecule has 1 aliphatic heterocycles. The van der Waals surface area contributed by atoms with E-state index in [1.165, 1.54) is 11.1 Å². The standard InChI is InChI=1S/C24H25N5O2/c1-2-28-22-15-18(7-8-20(22)29-21(24(28)31)9-11-26-29)23(30)25-12-14-27-13-10-17-5-3-4-6-19(17)16-27/h3-9,11,15H,2,10,12-14,16H2,1H3,(H,25,30). The van der Waals surface area contributed by atoms with Gasteiger partial charge in [-0.3, -0.25) is 14.5 Å². The number of aryl methyl sites for hydroxylation is 1. The molecular formula is C24H25N5O2. The lowest BCUT2D eigenvalue weighted by atomic mass is 10.00. The van der Waals surface area contributed by atoms with Crippen molar-refractivity contribution >= 4 is 22.5 Å². The molecule has 1 N–H and O–H groups in total. The Hall–Kier alpha value is -3.45. The predicted octanol–water partition coefficient (Wildman–Crippen LogP) is 2.46. The van der Waals surface area contributed by atoms with Gasteiger partial charge in [-0.15, -0.1) is 0 Å². The number of benzene rings is 2. The van der Waals surface area contributed by atoms with Crippen molar-refractivity contribution in [2.75, 3.05) is 19.6 Å². The first-order valence-electron chi connectivity index (χ1n) is 10.7. The van der Waals surface area contributed by atoms with Crippen LogP contribution in [0.4, 0.5) is 0 Å². The highest BCUT2D eigenvalue weighted by Gasteiger charge is 2.16. The molecule has 5 rings (SSSR count). The fourth-order valence-electron chi connectivity index (χ4n) is 4.45. The molecule has 1 aliphatic rings. The molecule has 0 bridgehead atoms. The van der Waals surface area contributed by atoms with Gasteiger partial charge in [-0.2, -0.15) is 5.10 Å². The molecule has 2 aromatic heterocycles. The molecule has 0 saturated heterocycles. The van der Waals surface area contributed by atoms with Crippen LogP contribution in [0.5, 0.6) is 0 Å². The average molecular weight is 415 g/mol. The van der Waals surface area contributed by atoms with E-state index < -0.39 is 0 Å². The van der Waals surface area contributed by atoms with Gasteiger partial charge in [-0.05, 0) is 48.7 Å². The van der Waals surface area contributed by atoms with Crippen LogP contribution in [0.3, 0.4) is 0 Å². The van der Waals surface area contributed by atoms with E-state index in [0.717, 1.165) is 31.6 Å². The Labute approximate surface area is 179 Å². The van der Waals surface area contributed by atoms with E-state index in [9.17, 15) is 9.59 Å². The van der Waals surface area contributed by atoms with Gasteiger partial charge in [-0.1, -0.05) is 24.3 Å². The summed E-state index contributed by atoms with van der Waals surface area (Å²) in [6.45, 7) is 5.77. The summed E-state index contributed by atoms with van der Waals surface area (Å²) in [6.07, 6.45) is 2.67. The van der Waals surface area contributed by atoms with Crippen molar-refractivity contribution in [1.29, 1.82) is 0 Å². The summed E-state index contributed by atoms with van der Waals surface area (Å²) in [7, 11) is 0. The number of fused-ring (bicyclic) bond motifs is 4. The molecular weight excluding hydrogens is 390 g/mol. The van der Waals surface area contributed by atoms with Crippen molar-refractivity contribution in [3.05, 3.63) is 81.8 Å².